The van der Waals surface area contributed by atoms with Crippen molar-refractivity contribution in [2.24, 2.45) is 35.5 Å². The van der Waals surface area contributed by atoms with Gasteiger partial charge in [-0.15, -0.1) is 0 Å². The first-order chi connectivity index (χ1) is 8.16. The lowest BCUT2D eigenvalue weighted by Gasteiger charge is -2.40. The minimum absolute atomic E-state index is 0.373. The van der Waals surface area contributed by atoms with E-state index in [4.69, 9.17) is 0 Å². The fourth-order valence-electron chi connectivity index (χ4n) is 4.97. The van der Waals surface area contributed by atoms with Crippen LogP contribution in [0.4, 0.5) is 4.39 Å². The van der Waals surface area contributed by atoms with Crippen molar-refractivity contribution in [1.82, 2.24) is 0 Å². The Morgan fingerprint density at radius 1 is 0.941 bits per heavy atom. The van der Waals surface area contributed by atoms with Gasteiger partial charge in [0, 0.05) is 0 Å². The summed E-state index contributed by atoms with van der Waals surface area (Å²) in [6.45, 7) is 4.26. The van der Waals surface area contributed by atoms with Crippen LogP contribution >= 0.6 is 0 Å². The molecule has 3 aliphatic rings. The van der Waals surface area contributed by atoms with Gasteiger partial charge in [-0.25, -0.2) is 4.39 Å². The highest BCUT2D eigenvalue weighted by molar-refractivity contribution is 4.98. The molecule has 0 N–H and O–H groups in total. The van der Waals surface area contributed by atoms with E-state index in [0.29, 0.717) is 5.92 Å². The highest BCUT2D eigenvalue weighted by Crippen LogP contribution is 2.57. The molecule has 3 aliphatic carbocycles. The van der Waals surface area contributed by atoms with E-state index in [9.17, 15) is 4.39 Å². The molecule has 7 unspecified atom stereocenters. The van der Waals surface area contributed by atoms with Crippen LogP contribution in [0.5, 0.6) is 0 Å². The summed E-state index contributed by atoms with van der Waals surface area (Å²) in [6.07, 6.45) is 8.84. The van der Waals surface area contributed by atoms with E-state index in [-0.39, 0.29) is 0 Å². The third-order valence-corrected chi connectivity index (χ3v) is 6.21. The zero-order chi connectivity index (χ0) is 12.0. The summed E-state index contributed by atoms with van der Waals surface area (Å²) in [5.41, 5.74) is 0. The predicted molar refractivity (Wildman–Crippen MR) is 69.5 cm³/mol. The summed E-state index contributed by atoms with van der Waals surface area (Å²) < 4.78 is 13.5. The minimum atomic E-state index is -0.578. The van der Waals surface area contributed by atoms with Gasteiger partial charge in [0.1, 0.15) is 6.17 Å². The van der Waals surface area contributed by atoms with E-state index in [1.54, 1.807) is 6.92 Å². The molecule has 0 bridgehead atoms. The van der Waals surface area contributed by atoms with Crippen LogP contribution in [0.1, 0.15) is 58.8 Å². The van der Waals surface area contributed by atoms with Crippen molar-refractivity contribution in [2.45, 2.75) is 65.0 Å². The molecular formula is C16H27F. The monoisotopic (exact) mass is 238 g/mol. The maximum absolute atomic E-state index is 13.5. The van der Waals surface area contributed by atoms with E-state index in [2.05, 4.69) is 6.92 Å². The van der Waals surface area contributed by atoms with E-state index >= 15 is 0 Å². The van der Waals surface area contributed by atoms with Gasteiger partial charge in [0.15, 0.2) is 0 Å². The summed E-state index contributed by atoms with van der Waals surface area (Å²) in [5, 5.41) is 0. The molecule has 3 rings (SSSR count). The normalized spacial score (nSPS) is 51.7. The molecule has 98 valence electrons. The molecule has 0 aromatic rings. The van der Waals surface area contributed by atoms with Gasteiger partial charge in [-0.3, -0.25) is 0 Å². The molecular weight excluding hydrogens is 211 g/mol. The lowest BCUT2D eigenvalue weighted by molar-refractivity contribution is 0.0816. The van der Waals surface area contributed by atoms with Gasteiger partial charge in [0.2, 0.25) is 0 Å². The molecule has 0 radical (unpaired) electrons. The van der Waals surface area contributed by atoms with Gasteiger partial charge in [0.25, 0.3) is 0 Å². The average molecular weight is 238 g/mol. The van der Waals surface area contributed by atoms with Crippen molar-refractivity contribution in [3.63, 3.8) is 0 Å². The van der Waals surface area contributed by atoms with E-state index in [1.807, 2.05) is 0 Å². The maximum Gasteiger partial charge on any atom is 0.100 e. The van der Waals surface area contributed by atoms with Crippen LogP contribution in [0, 0.1) is 35.5 Å². The molecule has 0 saturated heterocycles. The number of hydrogen-bond donors (Lipinski definition) is 0. The van der Waals surface area contributed by atoms with Gasteiger partial charge < -0.3 is 0 Å². The van der Waals surface area contributed by atoms with Crippen molar-refractivity contribution in [3.05, 3.63) is 0 Å². The molecule has 0 nitrogen and oxygen atoms in total. The Kier molecular flexibility index (Phi) is 3.21. The van der Waals surface area contributed by atoms with Crippen molar-refractivity contribution in [2.75, 3.05) is 0 Å². The topological polar surface area (TPSA) is 0 Å². The number of hydrogen-bond acceptors (Lipinski definition) is 0. The Hall–Kier alpha value is -0.0700. The van der Waals surface area contributed by atoms with E-state index in [0.717, 1.165) is 36.0 Å². The summed E-state index contributed by atoms with van der Waals surface area (Å²) >= 11 is 0. The number of halogens is 1. The van der Waals surface area contributed by atoms with Crippen molar-refractivity contribution in [1.29, 1.82) is 0 Å². The number of rotatable bonds is 2. The smallest absolute Gasteiger partial charge is 0.100 e. The predicted octanol–water partition coefficient (Wildman–Crippen LogP) is 4.83. The quantitative estimate of drug-likeness (QED) is 0.646. The Morgan fingerprint density at radius 3 is 2.47 bits per heavy atom. The molecule has 0 heterocycles. The summed E-state index contributed by atoms with van der Waals surface area (Å²) in [6, 6.07) is 0. The molecule has 0 spiro atoms. The van der Waals surface area contributed by atoms with Crippen LogP contribution in [-0.4, -0.2) is 6.17 Å². The van der Waals surface area contributed by atoms with Crippen LogP contribution in [0.3, 0.4) is 0 Å². The van der Waals surface area contributed by atoms with Gasteiger partial charge in [-0.2, -0.15) is 0 Å². The summed E-state index contributed by atoms with van der Waals surface area (Å²) in [5.74, 6) is 5.23. The summed E-state index contributed by atoms with van der Waals surface area (Å²) in [7, 11) is 0. The van der Waals surface area contributed by atoms with Crippen LogP contribution in [0.2, 0.25) is 0 Å². The van der Waals surface area contributed by atoms with Crippen molar-refractivity contribution < 1.29 is 4.39 Å². The molecule has 3 fully saturated rings. The molecule has 1 heteroatoms. The molecule has 0 aromatic carbocycles. The first-order valence-electron chi connectivity index (χ1n) is 7.81. The second kappa shape index (κ2) is 4.55. The fraction of sp³-hybridized carbons (Fsp3) is 1.00. The third kappa shape index (κ3) is 2.27. The van der Waals surface area contributed by atoms with Gasteiger partial charge in [0.05, 0.1) is 0 Å². The summed E-state index contributed by atoms with van der Waals surface area (Å²) in [4.78, 5) is 0. The minimum Gasteiger partial charge on any atom is -0.247 e. The second-order valence-electron chi connectivity index (χ2n) is 7.12. The standard InChI is InChI=1S/C16H27F/c1-10-15(7-6-14-9-16(10)14)13-5-3-4-12(8-13)11(2)17/h10-16H,3-9H2,1-2H3. The fourth-order valence-corrected chi connectivity index (χ4v) is 4.97. The van der Waals surface area contributed by atoms with Crippen molar-refractivity contribution in [3.8, 4) is 0 Å². The van der Waals surface area contributed by atoms with Crippen LogP contribution in [-0.2, 0) is 0 Å². The van der Waals surface area contributed by atoms with E-state index in [1.165, 1.54) is 38.5 Å². The average Bonchev–Trinajstić information content (AvgIpc) is 3.10. The lowest BCUT2D eigenvalue weighted by Crippen LogP contribution is -2.32. The first kappa shape index (κ1) is 12.0. The van der Waals surface area contributed by atoms with E-state index < -0.39 is 6.17 Å². The zero-order valence-corrected chi connectivity index (χ0v) is 11.4. The molecule has 0 aliphatic heterocycles. The molecule has 7 atom stereocenters. The maximum atomic E-state index is 13.5. The van der Waals surface area contributed by atoms with Crippen LogP contribution in [0.15, 0.2) is 0 Å². The molecule has 3 saturated carbocycles. The highest BCUT2D eigenvalue weighted by atomic mass is 19.1. The third-order valence-electron chi connectivity index (χ3n) is 6.21. The molecule has 0 aromatic heterocycles. The highest BCUT2D eigenvalue weighted by Gasteiger charge is 2.49. The zero-order valence-electron chi connectivity index (χ0n) is 11.4. The van der Waals surface area contributed by atoms with Crippen molar-refractivity contribution >= 4 is 0 Å². The van der Waals surface area contributed by atoms with Crippen LogP contribution < -0.4 is 0 Å². The Balaban J connectivity index is 1.63. The second-order valence-corrected chi connectivity index (χ2v) is 7.12. The molecule has 17 heavy (non-hydrogen) atoms. The SMILES string of the molecule is CC(F)C1CCCC(C2CCC3CC3C2C)C1. The first-order valence-corrected chi connectivity index (χ1v) is 7.81. The Labute approximate surface area is 105 Å². The Morgan fingerprint density at radius 2 is 1.71 bits per heavy atom. The lowest BCUT2D eigenvalue weighted by atomic mass is 9.66. The van der Waals surface area contributed by atoms with Gasteiger partial charge in [-0.1, -0.05) is 19.8 Å². The van der Waals surface area contributed by atoms with Gasteiger partial charge >= 0.3 is 0 Å². The van der Waals surface area contributed by atoms with Crippen LogP contribution in [0.25, 0.3) is 0 Å². The number of alkyl halides is 1. The largest absolute Gasteiger partial charge is 0.247 e. The van der Waals surface area contributed by atoms with Gasteiger partial charge in [-0.05, 0) is 74.5 Å². The number of fused-ring (bicyclic) bond motifs is 1. The molecule has 0 amide bonds. The Bertz CT molecular complexity index is 273.